The van der Waals surface area contributed by atoms with Crippen LogP contribution in [-0.4, -0.2) is 30.2 Å². The Kier molecular flexibility index (Phi) is 5.61. The van der Waals surface area contributed by atoms with E-state index in [1.165, 1.54) is 12.1 Å². The molecule has 27 heavy (non-hydrogen) atoms. The van der Waals surface area contributed by atoms with Crippen molar-refractivity contribution in [2.45, 2.75) is 6.42 Å². The molecule has 138 valence electrons. The zero-order chi connectivity index (χ0) is 19.2. The van der Waals surface area contributed by atoms with Crippen molar-refractivity contribution in [2.75, 3.05) is 29.6 Å². The number of carbonyl (C=O) groups is 1. The predicted octanol–water partition coefficient (Wildman–Crippen LogP) is 3.61. The lowest BCUT2D eigenvalue weighted by Crippen LogP contribution is -2.15. The van der Waals surface area contributed by atoms with Gasteiger partial charge in [-0.1, -0.05) is 12.1 Å². The maximum absolute atomic E-state index is 13.2. The van der Waals surface area contributed by atoms with Crippen LogP contribution in [0.25, 0.3) is 0 Å². The molecule has 2 N–H and O–H groups in total. The van der Waals surface area contributed by atoms with Crippen molar-refractivity contribution in [3.63, 3.8) is 0 Å². The van der Waals surface area contributed by atoms with Crippen molar-refractivity contribution in [3.05, 3.63) is 72.0 Å². The Morgan fingerprint density at radius 2 is 1.70 bits per heavy atom. The van der Waals surface area contributed by atoms with Crippen molar-refractivity contribution >= 4 is 28.9 Å². The minimum atomic E-state index is -0.367. The first-order valence-corrected chi connectivity index (χ1v) is 8.42. The van der Waals surface area contributed by atoms with Gasteiger partial charge in [0.1, 0.15) is 5.82 Å². The quantitative estimate of drug-likeness (QED) is 0.698. The maximum Gasteiger partial charge on any atom is 0.229 e. The largest absolute Gasteiger partial charge is 0.378 e. The molecule has 1 aromatic heterocycles. The van der Waals surface area contributed by atoms with Crippen LogP contribution in [0.2, 0.25) is 0 Å². The summed E-state index contributed by atoms with van der Waals surface area (Å²) in [5, 5.41) is 13.9. The van der Waals surface area contributed by atoms with Gasteiger partial charge in [-0.3, -0.25) is 4.79 Å². The van der Waals surface area contributed by atoms with Crippen molar-refractivity contribution in [1.82, 2.24) is 10.2 Å². The second-order valence-electron chi connectivity index (χ2n) is 6.22. The first-order chi connectivity index (χ1) is 13.0. The fourth-order valence-electron chi connectivity index (χ4n) is 2.48. The van der Waals surface area contributed by atoms with E-state index in [-0.39, 0.29) is 18.1 Å². The van der Waals surface area contributed by atoms with Gasteiger partial charge in [0.2, 0.25) is 5.91 Å². The smallest absolute Gasteiger partial charge is 0.229 e. The van der Waals surface area contributed by atoms with E-state index in [4.69, 9.17) is 0 Å². The van der Waals surface area contributed by atoms with Crippen LogP contribution in [0.4, 0.5) is 27.4 Å². The second kappa shape index (κ2) is 8.27. The normalized spacial score (nSPS) is 10.3. The number of anilines is 4. The third kappa shape index (κ3) is 5.24. The summed E-state index contributed by atoms with van der Waals surface area (Å²) in [6, 6.07) is 17.2. The third-order valence-electron chi connectivity index (χ3n) is 3.84. The summed E-state index contributed by atoms with van der Waals surface area (Å²) in [6.07, 6.45) is 0.0671. The summed E-state index contributed by atoms with van der Waals surface area (Å²) in [5.41, 5.74) is 2.58. The molecule has 0 saturated carbocycles. The van der Waals surface area contributed by atoms with Gasteiger partial charge in [-0.25, -0.2) is 4.39 Å². The highest BCUT2D eigenvalue weighted by Gasteiger charge is 2.07. The van der Waals surface area contributed by atoms with Crippen LogP contribution >= 0.6 is 0 Å². The number of aromatic nitrogens is 2. The number of nitrogens with one attached hydrogen (secondary N) is 2. The van der Waals surface area contributed by atoms with E-state index in [2.05, 4.69) is 20.8 Å². The lowest BCUT2D eigenvalue weighted by Gasteiger charge is -2.13. The molecule has 1 amide bonds. The van der Waals surface area contributed by atoms with Gasteiger partial charge in [-0.05, 0) is 54.1 Å². The minimum absolute atomic E-state index is 0.0671. The van der Waals surface area contributed by atoms with Gasteiger partial charge in [0.05, 0.1) is 6.42 Å². The Morgan fingerprint density at radius 1 is 1.00 bits per heavy atom. The van der Waals surface area contributed by atoms with E-state index in [1.54, 1.807) is 24.3 Å². The predicted molar refractivity (Wildman–Crippen MR) is 105 cm³/mol. The fourth-order valence-corrected chi connectivity index (χ4v) is 2.48. The molecule has 1 heterocycles. The highest BCUT2D eigenvalue weighted by Crippen LogP contribution is 2.19. The summed E-state index contributed by atoms with van der Waals surface area (Å²) in [7, 11) is 3.96. The molecule has 0 saturated heterocycles. The number of nitrogens with zero attached hydrogens (tertiary/aromatic N) is 3. The lowest BCUT2D eigenvalue weighted by molar-refractivity contribution is -0.115. The number of carbonyl (C=O) groups excluding carboxylic acids is 1. The number of halogens is 1. The SMILES string of the molecule is CN(C)c1ccc(Nc2ccc(NC(=O)Cc3cccc(F)c3)nn2)cc1. The fraction of sp³-hybridized carbons (Fsp3) is 0.150. The summed E-state index contributed by atoms with van der Waals surface area (Å²) in [4.78, 5) is 14.1. The molecular weight excluding hydrogens is 345 g/mol. The first-order valence-electron chi connectivity index (χ1n) is 8.42. The monoisotopic (exact) mass is 365 g/mol. The Morgan fingerprint density at radius 3 is 2.33 bits per heavy atom. The molecule has 0 aliphatic rings. The van der Waals surface area contributed by atoms with Gasteiger partial charge in [-0.2, -0.15) is 0 Å². The molecule has 2 aromatic carbocycles. The molecule has 0 bridgehead atoms. The summed E-state index contributed by atoms with van der Waals surface area (Å²) < 4.78 is 13.2. The van der Waals surface area contributed by atoms with E-state index >= 15 is 0 Å². The maximum atomic E-state index is 13.2. The van der Waals surface area contributed by atoms with Crippen molar-refractivity contribution in [3.8, 4) is 0 Å². The molecule has 0 unspecified atom stereocenters. The van der Waals surface area contributed by atoms with Gasteiger partial charge in [0, 0.05) is 25.5 Å². The molecule has 0 atom stereocenters. The van der Waals surface area contributed by atoms with E-state index in [9.17, 15) is 9.18 Å². The van der Waals surface area contributed by atoms with Crippen LogP contribution in [0.1, 0.15) is 5.56 Å². The van der Waals surface area contributed by atoms with Crippen LogP contribution in [0.5, 0.6) is 0 Å². The molecule has 0 aliphatic carbocycles. The van der Waals surface area contributed by atoms with Crippen LogP contribution in [-0.2, 0) is 11.2 Å². The van der Waals surface area contributed by atoms with E-state index in [0.717, 1.165) is 11.4 Å². The van der Waals surface area contributed by atoms with E-state index in [1.807, 2.05) is 43.3 Å². The summed E-state index contributed by atoms with van der Waals surface area (Å²) >= 11 is 0. The lowest BCUT2D eigenvalue weighted by atomic mass is 10.1. The number of rotatable bonds is 6. The molecule has 3 aromatic rings. The van der Waals surface area contributed by atoms with Crippen molar-refractivity contribution < 1.29 is 9.18 Å². The van der Waals surface area contributed by atoms with E-state index < -0.39 is 0 Å². The Bertz CT molecular complexity index is 910. The first kappa shape index (κ1) is 18.3. The van der Waals surface area contributed by atoms with Crippen molar-refractivity contribution in [1.29, 1.82) is 0 Å². The number of hydrogen-bond acceptors (Lipinski definition) is 5. The van der Waals surface area contributed by atoms with Gasteiger partial charge >= 0.3 is 0 Å². The molecule has 6 nitrogen and oxygen atoms in total. The molecular formula is C20H20FN5O. The molecule has 0 fully saturated rings. The van der Waals surface area contributed by atoms with Gasteiger partial charge in [0.15, 0.2) is 11.6 Å². The molecule has 0 spiro atoms. The average molecular weight is 365 g/mol. The van der Waals surface area contributed by atoms with E-state index in [0.29, 0.717) is 17.2 Å². The zero-order valence-electron chi connectivity index (χ0n) is 15.1. The number of amides is 1. The second-order valence-corrected chi connectivity index (χ2v) is 6.22. The van der Waals surface area contributed by atoms with Gasteiger partial charge in [-0.15, -0.1) is 10.2 Å². The van der Waals surface area contributed by atoms with Crippen LogP contribution < -0.4 is 15.5 Å². The minimum Gasteiger partial charge on any atom is -0.378 e. The molecule has 3 rings (SSSR count). The third-order valence-corrected chi connectivity index (χ3v) is 3.84. The zero-order valence-corrected chi connectivity index (χ0v) is 15.1. The van der Waals surface area contributed by atoms with Gasteiger partial charge < -0.3 is 15.5 Å². The Labute approximate surface area is 157 Å². The van der Waals surface area contributed by atoms with Crippen molar-refractivity contribution in [2.24, 2.45) is 0 Å². The van der Waals surface area contributed by atoms with Gasteiger partial charge in [0.25, 0.3) is 0 Å². The topological polar surface area (TPSA) is 70.2 Å². The van der Waals surface area contributed by atoms with Crippen LogP contribution in [0.15, 0.2) is 60.7 Å². The Hall–Kier alpha value is -3.48. The Balaban J connectivity index is 1.57. The summed E-state index contributed by atoms with van der Waals surface area (Å²) in [6.45, 7) is 0. The van der Waals surface area contributed by atoms with Crippen LogP contribution in [0, 0.1) is 5.82 Å². The summed E-state index contributed by atoms with van der Waals surface area (Å²) in [5.74, 6) is 0.254. The molecule has 0 radical (unpaired) electrons. The number of hydrogen-bond donors (Lipinski definition) is 2. The van der Waals surface area contributed by atoms with Crippen LogP contribution in [0.3, 0.4) is 0 Å². The highest BCUT2D eigenvalue weighted by molar-refractivity contribution is 5.91. The number of benzene rings is 2. The molecule has 0 aliphatic heterocycles. The standard InChI is InChI=1S/C20H20FN5O/c1-26(2)17-8-6-16(7-9-17)22-18-10-11-19(25-24-18)23-20(27)13-14-4-3-5-15(21)12-14/h3-12H,13H2,1-2H3,(H,22,24)(H,23,25,27). The highest BCUT2D eigenvalue weighted by atomic mass is 19.1. The molecule has 7 heteroatoms. The average Bonchev–Trinajstić information content (AvgIpc) is 2.64.